The number of carbonyl (C=O) groups excluding carboxylic acids is 1. The van der Waals surface area contributed by atoms with Gasteiger partial charge in [-0.1, -0.05) is 32.0 Å². The van der Waals surface area contributed by atoms with Crippen molar-refractivity contribution >= 4 is 5.91 Å². The zero-order chi connectivity index (χ0) is 22.8. The van der Waals surface area contributed by atoms with Gasteiger partial charge >= 0.3 is 0 Å². The first-order valence-corrected chi connectivity index (χ1v) is 11.5. The number of nitrogens with zero attached hydrogens (tertiary/aromatic N) is 2. The summed E-state index contributed by atoms with van der Waals surface area (Å²) in [6.07, 6.45) is 0. The molecule has 2 aromatic rings. The molecule has 32 heavy (non-hydrogen) atoms. The molecule has 5 nitrogen and oxygen atoms in total. The number of amides is 1. The molecule has 0 aromatic heterocycles. The molecule has 0 saturated carbocycles. The van der Waals surface area contributed by atoms with Crippen LogP contribution in [0.4, 0.5) is 4.39 Å². The Bertz CT molecular complexity index is 945. The minimum Gasteiger partial charge on any atom is -0.454 e. The fourth-order valence-corrected chi connectivity index (χ4v) is 4.80. The van der Waals surface area contributed by atoms with E-state index in [1.165, 1.54) is 17.7 Å². The Morgan fingerprint density at radius 2 is 1.78 bits per heavy atom. The first-order valence-electron chi connectivity index (χ1n) is 11.5. The summed E-state index contributed by atoms with van der Waals surface area (Å²) >= 11 is 0. The average molecular weight is 441 g/mol. The van der Waals surface area contributed by atoms with Gasteiger partial charge in [0.2, 0.25) is 12.7 Å². The number of ether oxygens (including phenoxy) is 2. The number of fused-ring (bicyclic) bond motifs is 1. The molecule has 1 fully saturated rings. The summed E-state index contributed by atoms with van der Waals surface area (Å²) in [5.74, 6) is 2.03. The molecule has 0 unspecified atom stereocenters. The van der Waals surface area contributed by atoms with Crippen LogP contribution in [0.2, 0.25) is 0 Å². The maximum Gasteiger partial charge on any atom is 0.231 e. The van der Waals surface area contributed by atoms with Gasteiger partial charge in [-0.15, -0.1) is 0 Å². The largest absolute Gasteiger partial charge is 0.454 e. The minimum atomic E-state index is -0.223. The van der Waals surface area contributed by atoms with Gasteiger partial charge in [-0.05, 0) is 55.2 Å². The number of likely N-dealkylation sites (tertiary alicyclic amines) is 1. The molecule has 1 amide bonds. The van der Waals surface area contributed by atoms with Crippen LogP contribution in [0.5, 0.6) is 11.5 Å². The summed E-state index contributed by atoms with van der Waals surface area (Å²) < 4.78 is 24.5. The van der Waals surface area contributed by atoms with E-state index >= 15 is 0 Å². The van der Waals surface area contributed by atoms with Gasteiger partial charge in [0.05, 0.1) is 0 Å². The van der Waals surface area contributed by atoms with E-state index in [0.717, 1.165) is 36.7 Å². The maximum atomic E-state index is 13.6. The van der Waals surface area contributed by atoms with E-state index < -0.39 is 0 Å². The molecule has 1 saturated heterocycles. The third-order valence-electron chi connectivity index (χ3n) is 6.49. The highest BCUT2D eigenvalue weighted by atomic mass is 19.1. The summed E-state index contributed by atoms with van der Waals surface area (Å²) in [4.78, 5) is 17.3. The van der Waals surface area contributed by atoms with Crippen LogP contribution in [0, 0.1) is 17.7 Å². The van der Waals surface area contributed by atoms with E-state index in [-0.39, 0.29) is 42.3 Å². The predicted octanol–water partition coefficient (Wildman–Crippen LogP) is 4.66. The Morgan fingerprint density at radius 1 is 1.06 bits per heavy atom. The molecule has 0 bridgehead atoms. The van der Waals surface area contributed by atoms with Crippen LogP contribution in [-0.4, -0.2) is 48.2 Å². The number of benzene rings is 2. The Kier molecular flexibility index (Phi) is 6.70. The first kappa shape index (κ1) is 22.6. The normalized spacial score (nSPS) is 20.3. The number of hydrogen-bond donors (Lipinski definition) is 0. The van der Waals surface area contributed by atoms with E-state index in [1.54, 1.807) is 0 Å². The SMILES string of the molecule is CC(C)C(=O)N(C[C@H]1CN(Cc2ccc3c(c2)OCO3)C[C@H]1c1ccc(F)cc1)C(C)C. The second-order valence-corrected chi connectivity index (χ2v) is 9.54. The van der Waals surface area contributed by atoms with Crippen molar-refractivity contribution in [3.05, 3.63) is 59.4 Å². The molecule has 4 rings (SSSR count). The van der Waals surface area contributed by atoms with Crippen molar-refractivity contribution in [2.24, 2.45) is 11.8 Å². The molecule has 2 aliphatic heterocycles. The number of carbonyl (C=O) groups is 1. The van der Waals surface area contributed by atoms with Gasteiger partial charge < -0.3 is 14.4 Å². The fourth-order valence-electron chi connectivity index (χ4n) is 4.80. The molecule has 2 aliphatic rings. The predicted molar refractivity (Wildman–Crippen MR) is 122 cm³/mol. The molecule has 0 N–H and O–H groups in total. The van der Waals surface area contributed by atoms with Crippen LogP contribution >= 0.6 is 0 Å². The summed E-state index contributed by atoms with van der Waals surface area (Å²) in [5.41, 5.74) is 2.30. The molecule has 2 heterocycles. The van der Waals surface area contributed by atoms with Crippen molar-refractivity contribution in [1.82, 2.24) is 9.80 Å². The van der Waals surface area contributed by atoms with Gasteiger partial charge in [0.25, 0.3) is 0 Å². The smallest absolute Gasteiger partial charge is 0.231 e. The van der Waals surface area contributed by atoms with E-state index in [2.05, 4.69) is 24.8 Å². The van der Waals surface area contributed by atoms with Crippen molar-refractivity contribution in [1.29, 1.82) is 0 Å². The molecule has 0 radical (unpaired) electrons. The van der Waals surface area contributed by atoms with Gasteiger partial charge in [-0.3, -0.25) is 9.69 Å². The van der Waals surface area contributed by atoms with Crippen molar-refractivity contribution in [3.63, 3.8) is 0 Å². The standard InChI is InChI=1S/C26H33FN2O3/c1-17(2)26(30)29(18(3)4)14-21-13-28(15-23(21)20-6-8-22(27)9-7-20)12-19-5-10-24-25(11-19)32-16-31-24/h5-11,17-18,21,23H,12-16H2,1-4H3/t21-,23+/m1/s1. The lowest BCUT2D eigenvalue weighted by Gasteiger charge is -2.33. The highest BCUT2D eigenvalue weighted by molar-refractivity contribution is 5.78. The maximum absolute atomic E-state index is 13.6. The highest BCUT2D eigenvalue weighted by Crippen LogP contribution is 2.37. The van der Waals surface area contributed by atoms with E-state index in [9.17, 15) is 9.18 Å². The van der Waals surface area contributed by atoms with Crippen LogP contribution in [0.25, 0.3) is 0 Å². The Hall–Kier alpha value is -2.60. The monoisotopic (exact) mass is 440 g/mol. The third-order valence-corrected chi connectivity index (χ3v) is 6.49. The Morgan fingerprint density at radius 3 is 2.47 bits per heavy atom. The topological polar surface area (TPSA) is 42.0 Å². The molecule has 6 heteroatoms. The van der Waals surface area contributed by atoms with Gasteiger partial charge in [0, 0.05) is 44.1 Å². The first-order chi connectivity index (χ1) is 15.3. The van der Waals surface area contributed by atoms with Crippen LogP contribution < -0.4 is 9.47 Å². The number of rotatable bonds is 7. The summed E-state index contributed by atoms with van der Waals surface area (Å²) in [6.45, 7) is 11.6. The zero-order valence-corrected chi connectivity index (χ0v) is 19.4. The molecule has 2 aromatic carbocycles. The van der Waals surface area contributed by atoms with Crippen LogP contribution in [0.1, 0.15) is 44.7 Å². The van der Waals surface area contributed by atoms with E-state index in [0.29, 0.717) is 6.54 Å². The van der Waals surface area contributed by atoms with Crippen LogP contribution in [0.3, 0.4) is 0 Å². The second-order valence-electron chi connectivity index (χ2n) is 9.54. The van der Waals surface area contributed by atoms with Gasteiger partial charge in [-0.2, -0.15) is 0 Å². The van der Waals surface area contributed by atoms with Gasteiger partial charge in [0.1, 0.15) is 5.82 Å². The molecular formula is C26H33FN2O3. The fraction of sp³-hybridized carbons (Fsp3) is 0.500. The second kappa shape index (κ2) is 9.49. The van der Waals surface area contributed by atoms with Crippen molar-refractivity contribution in [3.8, 4) is 11.5 Å². The van der Waals surface area contributed by atoms with Crippen molar-refractivity contribution in [2.75, 3.05) is 26.4 Å². The van der Waals surface area contributed by atoms with Gasteiger partial charge in [-0.25, -0.2) is 4.39 Å². The lowest BCUT2D eigenvalue weighted by molar-refractivity contribution is -0.136. The summed E-state index contributed by atoms with van der Waals surface area (Å²) in [6, 6.07) is 13.1. The third kappa shape index (κ3) is 4.90. The number of halogens is 1. The summed E-state index contributed by atoms with van der Waals surface area (Å²) in [5, 5.41) is 0. The molecule has 0 aliphatic carbocycles. The Balaban J connectivity index is 1.54. The number of hydrogen-bond acceptors (Lipinski definition) is 4. The molecule has 172 valence electrons. The molecule has 0 spiro atoms. The van der Waals surface area contributed by atoms with Crippen molar-refractivity contribution in [2.45, 2.75) is 46.2 Å². The zero-order valence-electron chi connectivity index (χ0n) is 19.4. The van der Waals surface area contributed by atoms with Crippen molar-refractivity contribution < 1.29 is 18.7 Å². The lowest BCUT2D eigenvalue weighted by atomic mass is 9.88. The summed E-state index contributed by atoms with van der Waals surface area (Å²) in [7, 11) is 0. The molecule has 2 atom stereocenters. The van der Waals surface area contributed by atoms with Gasteiger partial charge in [0.15, 0.2) is 11.5 Å². The lowest BCUT2D eigenvalue weighted by Crippen LogP contribution is -2.43. The highest BCUT2D eigenvalue weighted by Gasteiger charge is 2.36. The average Bonchev–Trinajstić information content (AvgIpc) is 3.38. The van der Waals surface area contributed by atoms with E-state index in [4.69, 9.17) is 9.47 Å². The minimum absolute atomic E-state index is 0.0344. The van der Waals surface area contributed by atoms with Crippen LogP contribution in [0.15, 0.2) is 42.5 Å². The quantitative estimate of drug-likeness (QED) is 0.628. The van der Waals surface area contributed by atoms with E-state index in [1.807, 2.05) is 43.0 Å². The Labute approximate surface area is 190 Å². The molecular weight excluding hydrogens is 407 g/mol. The van der Waals surface area contributed by atoms with Crippen LogP contribution in [-0.2, 0) is 11.3 Å².